The van der Waals surface area contributed by atoms with E-state index in [0.29, 0.717) is 5.69 Å². The van der Waals surface area contributed by atoms with Crippen molar-refractivity contribution in [2.45, 2.75) is 13.3 Å². The summed E-state index contributed by atoms with van der Waals surface area (Å²) in [5.41, 5.74) is 1.06. The van der Waals surface area contributed by atoms with Crippen molar-refractivity contribution < 1.29 is 14.7 Å². The van der Waals surface area contributed by atoms with Crippen LogP contribution in [0.4, 0.5) is 0 Å². The first-order valence-electron chi connectivity index (χ1n) is 4.53. The SMILES string of the molecule is Cc1cccc(C(=O)NCCC(=O)O)n1. The molecule has 0 saturated heterocycles. The topological polar surface area (TPSA) is 79.3 Å². The molecule has 1 amide bonds. The normalized spacial score (nSPS) is 9.67. The number of hydrogen-bond acceptors (Lipinski definition) is 3. The Morgan fingerprint density at radius 1 is 1.47 bits per heavy atom. The minimum absolute atomic E-state index is 0.0858. The minimum Gasteiger partial charge on any atom is -0.481 e. The smallest absolute Gasteiger partial charge is 0.305 e. The Kier molecular flexibility index (Phi) is 3.79. The fourth-order valence-corrected chi connectivity index (χ4v) is 1.04. The lowest BCUT2D eigenvalue weighted by atomic mass is 10.3. The number of rotatable bonds is 4. The zero-order chi connectivity index (χ0) is 11.3. The number of carboxylic acid groups (broad SMARTS) is 1. The zero-order valence-electron chi connectivity index (χ0n) is 8.36. The lowest BCUT2D eigenvalue weighted by molar-refractivity contribution is -0.136. The molecule has 0 atom stereocenters. The summed E-state index contributed by atoms with van der Waals surface area (Å²) >= 11 is 0. The van der Waals surface area contributed by atoms with E-state index in [4.69, 9.17) is 5.11 Å². The Balaban J connectivity index is 2.50. The lowest BCUT2D eigenvalue weighted by Crippen LogP contribution is -2.26. The average molecular weight is 208 g/mol. The number of nitrogens with one attached hydrogen (secondary N) is 1. The average Bonchev–Trinajstić information content (AvgIpc) is 2.17. The summed E-state index contributed by atoms with van der Waals surface area (Å²) in [6, 6.07) is 5.10. The summed E-state index contributed by atoms with van der Waals surface area (Å²) in [5, 5.41) is 10.8. The van der Waals surface area contributed by atoms with Crippen molar-refractivity contribution >= 4 is 11.9 Å². The van der Waals surface area contributed by atoms with Crippen LogP contribution in [-0.4, -0.2) is 28.5 Å². The van der Waals surface area contributed by atoms with E-state index in [0.717, 1.165) is 5.69 Å². The van der Waals surface area contributed by atoms with Gasteiger partial charge in [0.25, 0.3) is 5.91 Å². The van der Waals surface area contributed by atoms with Crippen molar-refractivity contribution in [3.63, 3.8) is 0 Å². The maximum atomic E-state index is 11.4. The lowest BCUT2D eigenvalue weighted by Gasteiger charge is -2.02. The van der Waals surface area contributed by atoms with Crippen molar-refractivity contribution in [3.8, 4) is 0 Å². The first-order chi connectivity index (χ1) is 7.09. The van der Waals surface area contributed by atoms with Gasteiger partial charge in [-0.15, -0.1) is 0 Å². The van der Waals surface area contributed by atoms with Crippen molar-refractivity contribution in [2.75, 3.05) is 6.54 Å². The molecule has 0 spiro atoms. The molecule has 0 unspecified atom stereocenters. The molecule has 0 bridgehead atoms. The number of aliphatic carboxylic acids is 1. The van der Waals surface area contributed by atoms with Crippen LogP contribution in [0.25, 0.3) is 0 Å². The molecule has 0 aromatic carbocycles. The van der Waals surface area contributed by atoms with Gasteiger partial charge in [0.15, 0.2) is 0 Å². The van der Waals surface area contributed by atoms with E-state index < -0.39 is 5.97 Å². The summed E-state index contributed by atoms with van der Waals surface area (Å²) in [6.07, 6.45) is -0.0858. The van der Waals surface area contributed by atoms with E-state index in [1.807, 2.05) is 0 Å². The molecule has 1 aromatic heterocycles. The van der Waals surface area contributed by atoms with Crippen LogP contribution < -0.4 is 5.32 Å². The Labute approximate surface area is 87.1 Å². The van der Waals surface area contributed by atoms with Crippen molar-refractivity contribution in [2.24, 2.45) is 0 Å². The van der Waals surface area contributed by atoms with Gasteiger partial charge >= 0.3 is 5.97 Å². The second-order valence-electron chi connectivity index (χ2n) is 3.06. The highest BCUT2D eigenvalue weighted by Crippen LogP contribution is 1.97. The highest BCUT2D eigenvalue weighted by Gasteiger charge is 2.06. The molecule has 1 aromatic rings. The number of carboxylic acids is 1. The van der Waals surface area contributed by atoms with Crippen LogP contribution in [0.15, 0.2) is 18.2 Å². The van der Waals surface area contributed by atoms with E-state index in [1.165, 1.54) is 0 Å². The first-order valence-corrected chi connectivity index (χ1v) is 4.53. The molecule has 5 nitrogen and oxygen atoms in total. The quantitative estimate of drug-likeness (QED) is 0.759. The number of aryl methyl sites for hydroxylation is 1. The third kappa shape index (κ3) is 3.76. The van der Waals surface area contributed by atoms with Crippen LogP contribution >= 0.6 is 0 Å². The number of amides is 1. The fraction of sp³-hybridized carbons (Fsp3) is 0.300. The van der Waals surface area contributed by atoms with Gasteiger partial charge in [0.2, 0.25) is 0 Å². The van der Waals surface area contributed by atoms with E-state index >= 15 is 0 Å². The maximum Gasteiger partial charge on any atom is 0.305 e. The molecule has 1 heterocycles. The van der Waals surface area contributed by atoms with Gasteiger partial charge < -0.3 is 10.4 Å². The molecule has 0 aliphatic carbocycles. The van der Waals surface area contributed by atoms with Gasteiger partial charge in [-0.05, 0) is 19.1 Å². The molecule has 5 heteroatoms. The van der Waals surface area contributed by atoms with Crippen molar-refractivity contribution in [1.29, 1.82) is 0 Å². The summed E-state index contributed by atoms with van der Waals surface area (Å²) in [6.45, 7) is 1.90. The van der Waals surface area contributed by atoms with Crippen molar-refractivity contribution in [3.05, 3.63) is 29.6 Å². The van der Waals surface area contributed by atoms with Gasteiger partial charge in [0.05, 0.1) is 6.42 Å². The second-order valence-corrected chi connectivity index (χ2v) is 3.06. The largest absolute Gasteiger partial charge is 0.481 e. The van der Waals surface area contributed by atoms with E-state index in [2.05, 4.69) is 10.3 Å². The van der Waals surface area contributed by atoms with Crippen LogP contribution in [0.3, 0.4) is 0 Å². The summed E-state index contributed by atoms with van der Waals surface area (Å²) in [4.78, 5) is 25.6. The number of hydrogen-bond donors (Lipinski definition) is 2. The third-order valence-electron chi connectivity index (χ3n) is 1.75. The minimum atomic E-state index is -0.937. The van der Waals surface area contributed by atoms with Crippen LogP contribution in [-0.2, 0) is 4.79 Å². The van der Waals surface area contributed by atoms with Crippen LogP contribution in [0.2, 0.25) is 0 Å². The predicted molar refractivity (Wildman–Crippen MR) is 53.6 cm³/mol. The Hall–Kier alpha value is -1.91. The number of aromatic nitrogens is 1. The number of nitrogens with zero attached hydrogens (tertiary/aromatic N) is 1. The maximum absolute atomic E-state index is 11.4. The molecule has 15 heavy (non-hydrogen) atoms. The molecule has 0 aliphatic heterocycles. The fourth-order valence-electron chi connectivity index (χ4n) is 1.04. The molecule has 1 rings (SSSR count). The first kappa shape index (κ1) is 11.2. The Morgan fingerprint density at radius 2 is 2.20 bits per heavy atom. The standard InChI is InChI=1S/C10H12N2O3/c1-7-3-2-4-8(12-7)10(15)11-6-5-9(13)14/h2-4H,5-6H2,1H3,(H,11,15)(H,13,14). The predicted octanol–water partition coefficient (Wildman–Crippen LogP) is 0.595. The molecular formula is C10H12N2O3. The summed E-state index contributed by atoms with van der Waals surface area (Å²) in [7, 11) is 0. The third-order valence-corrected chi connectivity index (χ3v) is 1.75. The van der Waals surface area contributed by atoms with E-state index in [1.54, 1.807) is 25.1 Å². The molecule has 0 aliphatic rings. The second kappa shape index (κ2) is 5.09. The summed E-state index contributed by atoms with van der Waals surface area (Å²) < 4.78 is 0. The molecule has 0 radical (unpaired) electrons. The van der Waals surface area contributed by atoms with Gasteiger partial charge in [-0.1, -0.05) is 6.07 Å². The van der Waals surface area contributed by atoms with E-state index in [9.17, 15) is 9.59 Å². The van der Waals surface area contributed by atoms with Crippen molar-refractivity contribution in [1.82, 2.24) is 10.3 Å². The Morgan fingerprint density at radius 3 is 2.80 bits per heavy atom. The molecule has 80 valence electrons. The van der Waals surface area contributed by atoms with Crippen LogP contribution in [0, 0.1) is 6.92 Å². The molecule has 2 N–H and O–H groups in total. The van der Waals surface area contributed by atoms with Gasteiger partial charge in [-0.25, -0.2) is 4.98 Å². The summed E-state index contributed by atoms with van der Waals surface area (Å²) in [5.74, 6) is -1.28. The number of pyridine rings is 1. The van der Waals surface area contributed by atoms with Gasteiger partial charge in [0, 0.05) is 12.2 Å². The molecule has 0 saturated carbocycles. The number of carbonyl (C=O) groups is 2. The van der Waals surface area contributed by atoms with E-state index in [-0.39, 0.29) is 18.9 Å². The van der Waals surface area contributed by atoms with Crippen LogP contribution in [0.5, 0.6) is 0 Å². The van der Waals surface area contributed by atoms with Gasteiger partial charge in [-0.3, -0.25) is 9.59 Å². The van der Waals surface area contributed by atoms with Gasteiger partial charge in [-0.2, -0.15) is 0 Å². The monoisotopic (exact) mass is 208 g/mol. The van der Waals surface area contributed by atoms with Crippen LogP contribution in [0.1, 0.15) is 22.6 Å². The molecular weight excluding hydrogens is 196 g/mol. The zero-order valence-corrected chi connectivity index (χ0v) is 8.36. The highest BCUT2D eigenvalue weighted by atomic mass is 16.4. The molecule has 0 fully saturated rings. The number of carbonyl (C=O) groups excluding carboxylic acids is 1. The van der Waals surface area contributed by atoms with Gasteiger partial charge in [0.1, 0.15) is 5.69 Å². The Bertz CT molecular complexity index is 377. The highest BCUT2D eigenvalue weighted by molar-refractivity contribution is 5.92.